The standard InChI is InChI=1S/C17H15ClN4/c1-12-6-2-3-7-13(12)11-20-16-10-15(18)21-17(22-16)14-8-4-5-9-19-14/h2-10H,11H2,1H3,(H,20,21,22). The van der Waals surface area contributed by atoms with Crippen molar-refractivity contribution in [3.63, 3.8) is 0 Å². The first kappa shape index (κ1) is 14.5. The summed E-state index contributed by atoms with van der Waals surface area (Å²) in [4.78, 5) is 13.0. The van der Waals surface area contributed by atoms with Crippen molar-refractivity contribution in [2.24, 2.45) is 0 Å². The molecule has 0 fully saturated rings. The monoisotopic (exact) mass is 310 g/mol. The highest BCUT2D eigenvalue weighted by Crippen LogP contribution is 2.19. The molecular weight excluding hydrogens is 296 g/mol. The van der Waals surface area contributed by atoms with Gasteiger partial charge in [0, 0.05) is 18.8 Å². The lowest BCUT2D eigenvalue weighted by Crippen LogP contribution is -2.04. The molecule has 0 radical (unpaired) electrons. The maximum Gasteiger partial charge on any atom is 0.181 e. The van der Waals surface area contributed by atoms with E-state index in [1.807, 2.05) is 30.3 Å². The van der Waals surface area contributed by atoms with Crippen molar-refractivity contribution in [3.8, 4) is 11.5 Å². The van der Waals surface area contributed by atoms with Crippen molar-refractivity contribution >= 4 is 17.4 Å². The van der Waals surface area contributed by atoms with Crippen LogP contribution in [0.2, 0.25) is 5.15 Å². The second-order valence-corrected chi connectivity index (χ2v) is 5.28. The van der Waals surface area contributed by atoms with Crippen LogP contribution < -0.4 is 5.32 Å². The van der Waals surface area contributed by atoms with E-state index in [1.165, 1.54) is 11.1 Å². The Morgan fingerprint density at radius 3 is 2.64 bits per heavy atom. The average Bonchev–Trinajstić information content (AvgIpc) is 2.54. The van der Waals surface area contributed by atoms with E-state index in [9.17, 15) is 0 Å². The molecule has 0 atom stereocenters. The molecule has 2 aromatic heterocycles. The molecule has 0 unspecified atom stereocenters. The highest BCUT2D eigenvalue weighted by molar-refractivity contribution is 6.29. The smallest absolute Gasteiger partial charge is 0.181 e. The normalized spacial score (nSPS) is 10.5. The zero-order valence-electron chi connectivity index (χ0n) is 12.1. The molecule has 0 saturated carbocycles. The van der Waals surface area contributed by atoms with E-state index in [-0.39, 0.29) is 0 Å². The molecule has 1 N–H and O–H groups in total. The third-order valence-corrected chi connectivity index (χ3v) is 3.50. The highest BCUT2D eigenvalue weighted by Gasteiger charge is 2.07. The van der Waals surface area contributed by atoms with Crippen molar-refractivity contribution in [1.82, 2.24) is 15.0 Å². The molecule has 0 saturated heterocycles. The van der Waals surface area contributed by atoms with Crippen LogP contribution in [0.3, 0.4) is 0 Å². The lowest BCUT2D eigenvalue weighted by molar-refractivity contribution is 1.06. The van der Waals surface area contributed by atoms with Gasteiger partial charge in [0.05, 0.1) is 0 Å². The quantitative estimate of drug-likeness (QED) is 0.737. The van der Waals surface area contributed by atoms with Gasteiger partial charge in [0.25, 0.3) is 0 Å². The molecule has 0 spiro atoms. The topological polar surface area (TPSA) is 50.7 Å². The van der Waals surface area contributed by atoms with Gasteiger partial charge >= 0.3 is 0 Å². The van der Waals surface area contributed by atoms with Gasteiger partial charge in [0.1, 0.15) is 16.7 Å². The fourth-order valence-corrected chi connectivity index (χ4v) is 2.30. The van der Waals surface area contributed by atoms with Gasteiger partial charge in [0.15, 0.2) is 5.82 Å². The summed E-state index contributed by atoms with van der Waals surface area (Å²) in [6.07, 6.45) is 1.71. The van der Waals surface area contributed by atoms with E-state index in [0.717, 1.165) is 0 Å². The Kier molecular flexibility index (Phi) is 4.30. The number of hydrogen-bond donors (Lipinski definition) is 1. The van der Waals surface area contributed by atoms with Crippen LogP contribution in [0.25, 0.3) is 11.5 Å². The average molecular weight is 311 g/mol. The first-order valence-corrected chi connectivity index (χ1v) is 7.34. The Labute approximate surface area is 134 Å². The van der Waals surface area contributed by atoms with E-state index in [1.54, 1.807) is 12.3 Å². The summed E-state index contributed by atoms with van der Waals surface area (Å²) in [5, 5.41) is 3.68. The minimum atomic E-state index is 0.392. The predicted molar refractivity (Wildman–Crippen MR) is 88.8 cm³/mol. The molecule has 0 aliphatic heterocycles. The molecule has 1 aromatic carbocycles. The van der Waals surface area contributed by atoms with Crippen LogP contribution in [-0.4, -0.2) is 15.0 Å². The number of anilines is 1. The molecule has 0 amide bonds. The molecule has 3 aromatic rings. The Bertz CT molecular complexity index is 775. The van der Waals surface area contributed by atoms with Crippen LogP contribution in [0, 0.1) is 6.92 Å². The van der Waals surface area contributed by atoms with Gasteiger partial charge < -0.3 is 5.32 Å². The molecule has 3 rings (SSSR count). The summed E-state index contributed by atoms with van der Waals surface area (Å²) in [5.41, 5.74) is 3.15. The van der Waals surface area contributed by atoms with Crippen molar-refractivity contribution in [1.29, 1.82) is 0 Å². The fraction of sp³-hybridized carbons (Fsp3) is 0.118. The first-order chi connectivity index (χ1) is 10.7. The Morgan fingerprint density at radius 1 is 1.05 bits per heavy atom. The second kappa shape index (κ2) is 6.54. The zero-order chi connectivity index (χ0) is 15.4. The summed E-state index contributed by atoms with van der Waals surface area (Å²) in [6.45, 7) is 2.77. The summed E-state index contributed by atoms with van der Waals surface area (Å²) < 4.78 is 0. The summed E-state index contributed by atoms with van der Waals surface area (Å²) in [5.74, 6) is 1.20. The number of hydrogen-bond acceptors (Lipinski definition) is 4. The number of benzene rings is 1. The van der Waals surface area contributed by atoms with Crippen LogP contribution in [0.4, 0.5) is 5.82 Å². The lowest BCUT2D eigenvalue weighted by atomic mass is 10.1. The minimum Gasteiger partial charge on any atom is -0.366 e. The summed E-state index contributed by atoms with van der Waals surface area (Å²) >= 11 is 6.09. The van der Waals surface area contributed by atoms with E-state index in [0.29, 0.717) is 29.0 Å². The predicted octanol–water partition coefficient (Wildman–Crippen LogP) is 4.11. The lowest BCUT2D eigenvalue weighted by Gasteiger charge is -2.09. The Balaban J connectivity index is 1.83. The number of rotatable bonds is 4. The maximum absolute atomic E-state index is 6.09. The van der Waals surface area contributed by atoms with E-state index < -0.39 is 0 Å². The SMILES string of the molecule is Cc1ccccc1CNc1cc(Cl)nc(-c2ccccn2)n1. The van der Waals surface area contributed by atoms with E-state index in [4.69, 9.17) is 11.6 Å². The van der Waals surface area contributed by atoms with Crippen molar-refractivity contribution in [3.05, 3.63) is 71.0 Å². The Hall–Kier alpha value is -2.46. The Morgan fingerprint density at radius 2 is 1.86 bits per heavy atom. The minimum absolute atomic E-state index is 0.392. The first-order valence-electron chi connectivity index (χ1n) is 6.97. The summed E-state index contributed by atoms with van der Waals surface area (Å²) in [7, 11) is 0. The van der Waals surface area contributed by atoms with Gasteiger partial charge in [-0.1, -0.05) is 41.9 Å². The molecule has 4 nitrogen and oxygen atoms in total. The molecule has 22 heavy (non-hydrogen) atoms. The fourth-order valence-electron chi connectivity index (χ4n) is 2.11. The van der Waals surface area contributed by atoms with Crippen LogP contribution >= 0.6 is 11.6 Å². The summed E-state index contributed by atoms with van der Waals surface area (Å²) in [6, 6.07) is 15.5. The van der Waals surface area contributed by atoms with E-state index in [2.05, 4.69) is 39.3 Å². The number of nitrogens with zero attached hydrogens (tertiary/aromatic N) is 3. The highest BCUT2D eigenvalue weighted by atomic mass is 35.5. The van der Waals surface area contributed by atoms with Gasteiger partial charge in [0.2, 0.25) is 0 Å². The van der Waals surface area contributed by atoms with Gasteiger partial charge in [-0.25, -0.2) is 9.97 Å². The molecule has 110 valence electrons. The molecule has 0 bridgehead atoms. The van der Waals surface area contributed by atoms with Gasteiger partial charge in [-0.3, -0.25) is 4.98 Å². The molecule has 0 aliphatic carbocycles. The van der Waals surface area contributed by atoms with Crippen LogP contribution in [0.15, 0.2) is 54.7 Å². The van der Waals surface area contributed by atoms with E-state index >= 15 is 0 Å². The largest absolute Gasteiger partial charge is 0.366 e. The third-order valence-electron chi connectivity index (χ3n) is 3.31. The number of aryl methyl sites for hydroxylation is 1. The van der Waals surface area contributed by atoms with Crippen molar-refractivity contribution in [2.45, 2.75) is 13.5 Å². The van der Waals surface area contributed by atoms with Crippen LogP contribution in [0.1, 0.15) is 11.1 Å². The third kappa shape index (κ3) is 3.40. The molecule has 0 aliphatic rings. The second-order valence-electron chi connectivity index (χ2n) is 4.89. The number of nitrogens with one attached hydrogen (secondary N) is 1. The van der Waals surface area contributed by atoms with Crippen molar-refractivity contribution in [2.75, 3.05) is 5.32 Å². The zero-order valence-corrected chi connectivity index (χ0v) is 12.9. The molecule has 2 heterocycles. The maximum atomic E-state index is 6.09. The number of pyridine rings is 1. The number of halogens is 1. The van der Waals surface area contributed by atoms with Gasteiger partial charge in [-0.15, -0.1) is 0 Å². The molecule has 5 heteroatoms. The van der Waals surface area contributed by atoms with Gasteiger partial charge in [-0.05, 0) is 30.2 Å². The number of aromatic nitrogens is 3. The van der Waals surface area contributed by atoms with Crippen LogP contribution in [0.5, 0.6) is 0 Å². The molecular formula is C17H15ClN4. The van der Waals surface area contributed by atoms with Gasteiger partial charge in [-0.2, -0.15) is 0 Å². The van der Waals surface area contributed by atoms with Crippen LogP contribution in [-0.2, 0) is 6.54 Å². The van der Waals surface area contributed by atoms with Crippen molar-refractivity contribution < 1.29 is 0 Å².